The van der Waals surface area contributed by atoms with E-state index in [0.29, 0.717) is 7.28 Å². The van der Waals surface area contributed by atoms with Crippen LogP contribution in [0.3, 0.4) is 0 Å². The van der Waals surface area contributed by atoms with E-state index in [4.69, 9.17) is 4.74 Å². The van der Waals surface area contributed by atoms with Crippen molar-refractivity contribution in [3.8, 4) is 0 Å². The van der Waals surface area contributed by atoms with Gasteiger partial charge >= 0.3 is 5.97 Å². The first kappa shape index (κ1) is 26.9. The van der Waals surface area contributed by atoms with Crippen LogP contribution in [0.4, 0.5) is 0 Å². The molecule has 0 fully saturated rings. The van der Waals surface area contributed by atoms with Gasteiger partial charge in [0.2, 0.25) is 0 Å². The summed E-state index contributed by atoms with van der Waals surface area (Å²) in [5.74, 6) is -0.0802. The van der Waals surface area contributed by atoms with Gasteiger partial charge in [-0.25, -0.2) is 0 Å². The number of benzene rings is 2. The lowest BCUT2D eigenvalue weighted by Crippen LogP contribution is -2.48. The standard InChI is InChI=1S/C24H33BO2.2H2O/c1-4-7-10-19-22(5-2)27-23(26)24(6-3,20-15-11-8-12-16-20)25-21-17-13-9-14-18-21;;/h8-9,11-18,22,25H,4-7,10,19H2,1-3H3;2*1H2/t22?,24-;;/m0../s1. The highest BCUT2D eigenvalue weighted by Crippen LogP contribution is 2.30. The van der Waals surface area contributed by atoms with Gasteiger partial charge in [0.25, 0.3) is 0 Å². The van der Waals surface area contributed by atoms with Crippen LogP contribution in [0.25, 0.3) is 0 Å². The smallest absolute Gasteiger partial charge is 0.309 e. The molecule has 4 nitrogen and oxygen atoms in total. The second kappa shape index (κ2) is 14.0. The molecule has 1 unspecified atom stereocenters. The van der Waals surface area contributed by atoms with Crippen molar-refractivity contribution in [2.45, 2.75) is 70.7 Å². The molecule has 0 aliphatic rings. The summed E-state index contributed by atoms with van der Waals surface area (Å²) in [5.41, 5.74) is 2.21. The normalized spacial score (nSPS) is 13.2. The summed E-state index contributed by atoms with van der Waals surface area (Å²) in [7, 11) is 0.665. The minimum Gasteiger partial charge on any atom is -0.462 e. The summed E-state index contributed by atoms with van der Waals surface area (Å²) in [6, 6.07) is 20.4. The van der Waals surface area contributed by atoms with Gasteiger partial charge in [0.1, 0.15) is 6.10 Å². The number of ether oxygens (including phenoxy) is 1. The van der Waals surface area contributed by atoms with Crippen molar-refractivity contribution < 1.29 is 20.5 Å². The Hall–Kier alpha value is -2.11. The molecule has 0 aliphatic carbocycles. The number of hydrogen-bond donors (Lipinski definition) is 0. The Morgan fingerprint density at radius 1 is 0.931 bits per heavy atom. The monoisotopic (exact) mass is 400 g/mol. The molecule has 0 saturated heterocycles. The van der Waals surface area contributed by atoms with Crippen molar-refractivity contribution in [3.63, 3.8) is 0 Å². The highest BCUT2D eigenvalue weighted by Gasteiger charge is 2.41. The largest absolute Gasteiger partial charge is 0.462 e. The SMILES string of the molecule is CCCCCC(CC)OC(=O)[C@](Bc1ccccc1)(CC)c1ccccc1.O.O. The Morgan fingerprint density at radius 2 is 1.52 bits per heavy atom. The van der Waals surface area contributed by atoms with Gasteiger partial charge in [-0.2, -0.15) is 0 Å². The molecule has 2 aromatic rings. The molecule has 2 atom stereocenters. The zero-order chi connectivity index (χ0) is 19.5. The van der Waals surface area contributed by atoms with E-state index < -0.39 is 5.31 Å². The van der Waals surface area contributed by atoms with Crippen LogP contribution in [0.15, 0.2) is 60.7 Å². The second-order valence-corrected chi connectivity index (χ2v) is 7.40. The summed E-state index contributed by atoms with van der Waals surface area (Å²) in [5, 5.41) is -0.638. The fraction of sp³-hybridized carbons (Fsp3) is 0.458. The lowest BCUT2D eigenvalue weighted by atomic mass is 9.45. The van der Waals surface area contributed by atoms with Gasteiger partial charge in [-0.15, -0.1) is 0 Å². The third kappa shape index (κ3) is 7.34. The lowest BCUT2D eigenvalue weighted by Gasteiger charge is -2.32. The summed E-state index contributed by atoms with van der Waals surface area (Å²) >= 11 is 0. The fourth-order valence-corrected chi connectivity index (χ4v) is 3.70. The van der Waals surface area contributed by atoms with E-state index in [1.807, 2.05) is 36.4 Å². The van der Waals surface area contributed by atoms with Crippen LogP contribution in [-0.2, 0) is 14.8 Å². The van der Waals surface area contributed by atoms with E-state index in [2.05, 4.69) is 45.0 Å². The maximum atomic E-state index is 13.5. The van der Waals surface area contributed by atoms with E-state index in [1.165, 1.54) is 18.3 Å². The Labute approximate surface area is 176 Å². The third-order valence-electron chi connectivity index (χ3n) is 5.53. The highest BCUT2D eigenvalue weighted by molar-refractivity contribution is 6.61. The van der Waals surface area contributed by atoms with Gasteiger partial charge in [-0.05, 0) is 31.2 Å². The van der Waals surface area contributed by atoms with Crippen LogP contribution in [-0.4, -0.2) is 30.3 Å². The van der Waals surface area contributed by atoms with Crippen molar-refractivity contribution in [3.05, 3.63) is 66.2 Å². The zero-order valence-corrected chi connectivity index (χ0v) is 18.1. The van der Waals surface area contributed by atoms with Crippen LogP contribution in [0.5, 0.6) is 0 Å². The molecular weight excluding hydrogens is 363 g/mol. The quantitative estimate of drug-likeness (QED) is 0.329. The number of hydrogen-bond acceptors (Lipinski definition) is 2. The molecule has 5 heteroatoms. The number of rotatable bonds is 11. The first-order valence-corrected chi connectivity index (χ1v) is 10.5. The molecular formula is C24H37BO4. The minimum atomic E-state index is -0.638. The van der Waals surface area contributed by atoms with Crippen LogP contribution in [0, 0.1) is 0 Å². The van der Waals surface area contributed by atoms with Crippen molar-refractivity contribution in [1.82, 2.24) is 0 Å². The molecule has 0 spiro atoms. The number of unbranched alkanes of at least 4 members (excludes halogenated alkanes) is 2. The van der Waals surface area contributed by atoms with Gasteiger partial charge in [-0.3, -0.25) is 4.79 Å². The molecule has 2 aromatic carbocycles. The molecule has 2 rings (SSSR count). The van der Waals surface area contributed by atoms with E-state index in [1.54, 1.807) is 0 Å². The maximum Gasteiger partial charge on any atom is 0.309 e. The number of esters is 1. The van der Waals surface area contributed by atoms with E-state index >= 15 is 0 Å². The molecule has 0 aromatic heterocycles. The number of carbonyl (C=O) groups is 1. The number of carbonyl (C=O) groups excluding carboxylic acids is 1. The molecule has 29 heavy (non-hydrogen) atoms. The highest BCUT2D eigenvalue weighted by atomic mass is 16.5. The van der Waals surface area contributed by atoms with Crippen LogP contribution < -0.4 is 5.46 Å². The molecule has 0 radical (unpaired) electrons. The fourth-order valence-electron chi connectivity index (χ4n) is 3.70. The molecule has 0 heterocycles. The van der Waals surface area contributed by atoms with E-state index in [-0.39, 0.29) is 23.0 Å². The topological polar surface area (TPSA) is 89.3 Å². The average Bonchev–Trinajstić information content (AvgIpc) is 2.72. The van der Waals surface area contributed by atoms with Gasteiger partial charge in [0, 0.05) is 0 Å². The molecule has 0 aliphatic heterocycles. The summed E-state index contributed by atoms with van der Waals surface area (Å²) in [6.07, 6.45) is 6.04. The molecule has 0 amide bonds. The van der Waals surface area contributed by atoms with Crippen molar-refractivity contribution >= 4 is 18.7 Å². The van der Waals surface area contributed by atoms with E-state index in [9.17, 15) is 4.79 Å². The van der Waals surface area contributed by atoms with Crippen LogP contribution in [0.2, 0.25) is 0 Å². The van der Waals surface area contributed by atoms with Crippen LogP contribution in [0.1, 0.15) is 64.9 Å². The maximum absolute atomic E-state index is 13.5. The van der Waals surface area contributed by atoms with Crippen molar-refractivity contribution in [2.75, 3.05) is 0 Å². The Morgan fingerprint density at radius 3 is 2.03 bits per heavy atom. The van der Waals surface area contributed by atoms with Gasteiger partial charge in [0.15, 0.2) is 7.28 Å². The minimum absolute atomic E-state index is 0. The van der Waals surface area contributed by atoms with E-state index in [0.717, 1.165) is 31.2 Å². The Balaban J connectivity index is 0.00000392. The van der Waals surface area contributed by atoms with Crippen molar-refractivity contribution in [2.24, 2.45) is 0 Å². The predicted octanol–water partition coefficient (Wildman–Crippen LogP) is 3.31. The third-order valence-corrected chi connectivity index (χ3v) is 5.53. The zero-order valence-electron chi connectivity index (χ0n) is 18.1. The Kier molecular flexibility index (Phi) is 13.0. The van der Waals surface area contributed by atoms with Crippen LogP contribution >= 0.6 is 0 Å². The van der Waals surface area contributed by atoms with Crippen molar-refractivity contribution in [1.29, 1.82) is 0 Å². The first-order chi connectivity index (χ1) is 13.2. The Bertz CT molecular complexity index is 678. The molecule has 160 valence electrons. The molecule has 0 saturated carbocycles. The summed E-state index contributed by atoms with van der Waals surface area (Å²) in [4.78, 5) is 13.5. The second-order valence-electron chi connectivity index (χ2n) is 7.40. The lowest BCUT2D eigenvalue weighted by molar-refractivity contribution is -0.153. The molecule has 0 bridgehead atoms. The first-order valence-electron chi connectivity index (χ1n) is 10.5. The van der Waals surface area contributed by atoms with Gasteiger partial charge in [0.05, 0.1) is 5.31 Å². The van der Waals surface area contributed by atoms with Gasteiger partial charge in [-0.1, -0.05) is 99.7 Å². The average molecular weight is 400 g/mol. The molecule has 4 N–H and O–H groups in total. The summed E-state index contributed by atoms with van der Waals surface area (Å²) < 4.78 is 6.09. The summed E-state index contributed by atoms with van der Waals surface area (Å²) in [6.45, 7) is 6.40. The van der Waals surface area contributed by atoms with Gasteiger partial charge < -0.3 is 15.7 Å². The predicted molar refractivity (Wildman–Crippen MR) is 123 cm³/mol.